The molecule has 1 atom stereocenters. The zero-order valence-electron chi connectivity index (χ0n) is 13.8. The monoisotopic (exact) mass is 329 g/mol. The lowest BCUT2D eigenvalue weighted by Gasteiger charge is -2.08. The van der Waals surface area contributed by atoms with Crippen molar-refractivity contribution in [3.8, 4) is 22.4 Å². The van der Waals surface area contributed by atoms with Crippen LogP contribution >= 0.6 is 0 Å². The number of pyridine rings is 1. The molecule has 1 aliphatic carbocycles. The fourth-order valence-electron chi connectivity index (χ4n) is 3.52. The number of aliphatic hydroxyl groups is 1. The van der Waals surface area contributed by atoms with Gasteiger partial charge in [-0.25, -0.2) is 9.61 Å². The number of hydrogen-bond donors (Lipinski definition) is 1. The van der Waals surface area contributed by atoms with Gasteiger partial charge in [0, 0.05) is 11.1 Å². The molecule has 122 valence electrons. The van der Waals surface area contributed by atoms with Gasteiger partial charge in [-0.15, -0.1) is 0 Å². The van der Waals surface area contributed by atoms with Crippen LogP contribution in [0.1, 0.15) is 28.5 Å². The third-order valence-corrected chi connectivity index (χ3v) is 4.79. The molecule has 0 amide bonds. The lowest BCUT2D eigenvalue weighted by atomic mass is 10.0. The summed E-state index contributed by atoms with van der Waals surface area (Å²) in [4.78, 5) is 4.77. The SMILES string of the molecule is Cc1ccc(-c2nc3c(c4nonc24)-c2ccc(C)cc2C3O)cc1. The van der Waals surface area contributed by atoms with Crippen molar-refractivity contribution in [3.05, 3.63) is 64.8 Å². The van der Waals surface area contributed by atoms with E-state index < -0.39 is 6.10 Å². The minimum Gasteiger partial charge on any atom is -0.382 e. The number of aromatic nitrogens is 3. The number of hydrogen-bond acceptors (Lipinski definition) is 5. The van der Waals surface area contributed by atoms with Gasteiger partial charge in [-0.3, -0.25) is 0 Å². The van der Waals surface area contributed by atoms with Crippen LogP contribution in [0, 0.1) is 13.8 Å². The van der Waals surface area contributed by atoms with E-state index in [4.69, 9.17) is 9.61 Å². The molecule has 1 unspecified atom stereocenters. The molecular formula is C20H15N3O2. The van der Waals surface area contributed by atoms with Crippen LogP contribution in [0.3, 0.4) is 0 Å². The number of benzene rings is 2. The molecule has 0 radical (unpaired) electrons. The topological polar surface area (TPSA) is 72.0 Å². The average molecular weight is 329 g/mol. The standard InChI is InChI=1S/C20H15N3O2/c1-10-3-6-12(7-4-10)16-19-17(22-25-23-19)15-13-8-5-11(2)9-14(13)20(24)18(15)21-16/h3-9,20,24H,1-2H3. The van der Waals surface area contributed by atoms with E-state index >= 15 is 0 Å². The second kappa shape index (κ2) is 4.97. The summed E-state index contributed by atoms with van der Waals surface area (Å²) >= 11 is 0. The minimum absolute atomic E-state index is 0.611. The highest BCUT2D eigenvalue weighted by atomic mass is 16.6. The van der Waals surface area contributed by atoms with Gasteiger partial charge in [0.1, 0.15) is 17.3 Å². The van der Waals surface area contributed by atoms with Crippen molar-refractivity contribution in [3.63, 3.8) is 0 Å². The van der Waals surface area contributed by atoms with Crippen LogP contribution in [0.2, 0.25) is 0 Å². The van der Waals surface area contributed by atoms with E-state index in [0.29, 0.717) is 22.4 Å². The molecule has 5 rings (SSSR count). The first-order valence-corrected chi connectivity index (χ1v) is 8.15. The zero-order chi connectivity index (χ0) is 17.1. The molecule has 5 heteroatoms. The predicted molar refractivity (Wildman–Crippen MR) is 94.0 cm³/mol. The summed E-state index contributed by atoms with van der Waals surface area (Å²) in [7, 11) is 0. The van der Waals surface area contributed by atoms with Crippen LogP contribution in [0.25, 0.3) is 33.4 Å². The molecule has 0 saturated carbocycles. The van der Waals surface area contributed by atoms with E-state index in [-0.39, 0.29) is 0 Å². The summed E-state index contributed by atoms with van der Waals surface area (Å²) in [6.07, 6.45) is -0.768. The summed E-state index contributed by atoms with van der Waals surface area (Å²) in [6.45, 7) is 4.05. The van der Waals surface area contributed by atoms with Crippen LogP contribution < -0.4 is 0 Å². The largest absolute Gasteiger partial charge is 0.382 e. The van der Waals surface area contributed by atoms with E-state index in [9.17, 15) is 5.11 Å². The molecule has 1 aliphatic rings. The third kappa shape index (κ3) is 1.96. The van der Waals surface area contributed by atoms with Crippen molar-refractivity contribution in [1.82, 2.24) is 15.3 Å². The van der Waals surface area contributed by atoms with Gasteiger partial charge >= 0.3 is 0 Å². The fraction of sp³-hybridized carbons (Fsp3) is 0.150. The van der Waals surface area contributed by atoms with Crippen LogP contribution in [0.4, 0.5) is 0 Å². The van der Waals surface area contributed by atoms with Crippen molar-refractivity contribution in [1.29, 1.82) is 0 Å². The smallest absolute Gasteiger partial charge is 0.162 e. The quantitative estimate of drug-likeness (QED) is 0.572. The van der Waals surface area contributed by atoms with Gasteiger partial charge in [0.2, 0.25) is 0 Å². The molecule has 0 bridgehead atoms. The molecular weight excluding hydrogens is 314 g/mol. The number of fused-ring (bicyclic) bond motifs is 5. The Bertz CT molecular complexity index is 1130. The number of aryl methyl sites for hydroxylation is 2. The van der Waals surface area contributed by atoms with Crippen molar-refractivity contribution < 1.29 is 9.74 Å². The Kier molecular flexibility index (Phi) is 2.85. The Labute approximate surface area is 143 Å². The Morgan fingerprint density at radius 1 is 0.920 bits per heavy atom. The molecule has 0 spiro atoms. The third-order valence-electron chi connectivity index (χ3n) is 4.79. The Balaban J connectivity index is 1.84. The maximum atomic E-state index is 10.8. The van der Waals surface area contributed by atoms with Crippen LogP contribution in [0.5, 0.6) is 0 Å². The fourth-order valence-corrected chi connectivity index (χ4v) is 3.52. The van der Waals surface area contributed by atoms with Gasteiger partial charge in [-0.2, -0.15) is 0 Å². The number of aliphatic hydroxyl groups excluding tert-OH is 1. The van der Waals surface area contributed by atoms with Crippen LogP contribution in [-0.2, 0) is 0 Å². The van der Waals surface area contributed by atoms with E-state index in [1.165, 1.54) is 5.56 Å². The van der Waals surface area contributed by atoms with Gasteiger partial charge in [0.05, 0.1) is 5.69 Å². The highest BCUT2D eigenvalue weighted by Gasteiger charge is 2.33. The molecule has 5 nitrogen and oxygen atoms in total. The van der Waals surface area contributed by atoms with Crippen LogP contribution in [-0.4, -0.2) is 20.4 Å². The lowest BCUT2D eigenvalue weighted by Crippen LogP contribution is -1.99. The summed E-state index contributed by atoms with van der Waals surface area (Å²) < 4.78 is 5.03. The van der Waals surface area contributed by atoms with Gasteiger partial charge in [0.15, 0.2) is 5.52 Å². The van der Waals surface area contributed by atoms with Gasteiger partial charge < -0.3 is 5.11 Å². The normalized spacial score (nSPS) is 15.4. The molecule has 0 fully saturated rings. The molecule has 2 heterocycles. The molecule has 0 saturated heterocycles. The highest BCUT2D eigenvalue weighted by molar-refractivity contribution is 6.01. The Hall–Kier alpha value is -3.05. The van der Waals surface area contributed by atoms with Crippen LogP contribution in [0.15, 0.2) is 47.1 Å². The maximum Gasteiger partial charge on any atom is 0.162 e. The van der Waals surface area contributed by atoms with E-state index in [2.05, 4.69) is 10.3 Å². The first kappa shape index (κ1) is 14.3. The maximum absolute atomic E-state index is 10.8. The lowest BCUT2D eigenvalue weighted by molar-refractivity contribution is 0.220. The molecule has 1 N–H and O–H groups in total. The predicted octanol–water partition coefficient (Wildman–Crippen LogP) is 3.96. The van der Waals surface area contributed by atoms with E-state index in [0.717, 1.165) is 27.8 Å². The number of nitrogens with zero attached hydrogens (tertiary/aromatic N) is 3. The molecule has 4 aromatic rings. The minimum atomic E-state index is -0.768. The van der Waals surface area contributed by atoms with Gasteiger partial charge in [-0.05, 0) is 35.3 Å². The highest BCUT2D eigenvalue weighted by Crippen LogP contribution is 2.47. The summed E-state index contributed by atoms with van der Waals surface area (Å²) in [5.41, 5.74) is 8.34. The molecule has 0 aliphatic heterocycles. The second-order valence-electron chi connectivity index (χ2n) is 6.54. The van der Waals surface area contributed by atoms with Crippen molar-refractivity contribution >= 4 is 11.0 Å². The summed E-state index contributed by atoms with van der Waals surface area (Å²) in [6, 6.07) is 14.1. The van der Waals surface area contributed by atoms with Crippen molar-refractivity contribution in [2.75, 3.05) is 0 Å². The first-order valence-electron chi connectivity index (χ1n) is 8.15. The van der Waals surface area contributed by atoms with Gasteiger partial charge in [-0.1, -0.05) is 53.6 Å². The average Bonchev–Trinajstić information content (AvgIpc) is 3.19. The van der Waals surface area contributed by atoms with E-state index in [1.807, 2.05) is 56.3 Å². The number of rotatable bonds is 1. The molecule has 2 aromatic heterocycles. The van der Waals surface area contributed by atoms with Crippen molar-refractivity contribution in [2.45, 2.75) is 20.0 Å². The Morgan fingerprint density at radius 3 is 2.44 bits per heavy atom. The van der Waals surface area contributed by atoms with Crippen molar-refractivity contribution in [2.24, 2.45) is 0 Å². The summed E-state index contributed by atoms with van der Waals surface area (Å²) in [5, 5.41) is 19.0. The summed E-state index contributed by atoms with van der Waals surface area (Å²) in [5.74, 6) is 0. The Morgan fingerprint density at radius 2 is 1.64 bits per heavy atom. The van der Waals surface area contributed by atoms with E-state index in [1.54, 1.807) is 0 Å². The molecule has 25 heavy (non-hydrogen) atoms. The zero-order valence-corrected chi connectivity index (χ0v) is 13.8. The molecule has 2 aromatic carbocycles. The first-order chi connectivity index (χ1) is 12.1. The second-order valence-corrected chi connectivity index (χ2v) is 6.54. The van der Waals surface area contributed by atoms with Gasteiger partial charge in [0.25, 0.3) is 0 Å².